The molecule has 98 valence electrons. The molecule has 0 aromatic carbocycles. The van der Waals surface area contributed by atoms with Gasteiger partial charge in [0.05, 0.1) is 5.69 Å². The van der Waals surface area contributed by atoms with Gasteiger partial charge in [0, 0.05) is 29.6 Å². The highest BCUT2D eigenvalue weighted by molar-refractivity contribution is 7.09. The summed E-state index contributed by atoms with van der Waals surface area (Å²) < 4.78 is 2.08. The average Bonchev–Trinajstić information content (AvgIpc) is 2.98. The second-order valence-corrected chi connectivity index (χ2v) is 5.58. The van der Waals surface area contributed by atoms with Gasteiger partial charge in [0.2, 0.25) is 0 Å². The summed E-state index contributed by atoms with van der Waals surface area (Å²) in [6.45, 7) is 5.18. The maximum Gasteiger partial charge on any atom is 0.0624 e. The second-order valence-electron chi connectivity index (χ2n) is 4.54. The fourth-order valence-electron chi connectivity index (χ4n) is 2.15. The van der Waals surface area contributed by atoms with Gasteiger partial charge < -0.3 is 5.73 Å². The van der Waals surface area contributed by atoms with Crippen LogP contribution in [0.1, 0.15) is 30.1 Å². The molecule has 0 aliphatic heterocycles. The lowest BCUT2D eigenvalue weighted by Gasteiger charge is -2.11. The van der Waals surface area contributed by atoms with Gasteiger partial charge in [-0.25, -0.2) is 0 Å². The highest BCUT2D eigenvalue weighted by Gasteiger charge is 2.11. The lowest BCUT2D eigenvalue weighted by Crippen LogP contribution is -2.26. The van der Waals surface area contributed by atoms with Crippen LogP contribution >= 0.6 is 11.3 Å². The molecule has 2 aromatic heterocycles. The molecule has 0 saturated heterocycles. The van der Waals surface area contributed by atoms with Crippen molar-refractivity contribution in [1.29, 1.82) is 0 Å². The van der Waals surface area contributed by atoms with Gasteiger partial charge in [-0.2, -0.15) is 5.10 Å². The highest BCUT2D eigenvalue weighted by atomic mass is 32.1. The predicted octanol–water partition coefficient (Wildman–Crippen LogP) is 2.64. The van der Waals surface area contributed by atoms with E-state index < -0.39 is 0 Å². The maximum atomic E-state index is 6.24. The van der Waals surface area contributed by atoms with Crippen molar-refractivity contribution in [3.63, 3.8) is 0 Å². The van der Waals surface area contributed by atoms with Crippen molar-refractivity contribution in [2.24, 2.45) is 5.73 Å². The first-order valence-corrected chi connectivity index (χ1v) is 7.44. The van der Waals surface area contributed by atoms with Crippen molar-refractivity contribution in [3.8, 4) is 0 Å². The molecule has 4 heteroatoms. The number of nitrogens with two attached hydrogens (primary N) is 1. The molecule has 1 unspecified atom stereocenters. The Morgan fingerprint density at radius 2 is 2.22 bits per heavy atom. The van der Waals surface area contributed by atoms with Gasteiger partial charge in [0.1, 0.15) is 0 Å². The molecule has 0 aliphatic rings. The van der Waals surface area contributed by atoms with Gasteiger partial charge in [0.25, 0.3) is 0 Å². The van der Waals surface area contributed by atoms with E-state index >= 15 is 0 Å². The van der Waals surface area contributed by atoms with Crippen molar-refractivity contribution in [1.82, 2.24) is 9.78 Å². The largest absolute Gasteiger partial charge is 0.327 e. The smallest absolute Gasteiger partial charge is 0.0624 e. The van der Waals surface area contributed by atoms with Crippen LogP contribution in [0.15, 0.2) is 23.6 Å². The van der Waals surface area contributed by atoms with Crippen LogP contribution in [0.5, 0.6) is 0 Å². The van der Waals surface area contributed by atoms with E-state index in [1.807, 2.05) is 0 Å². The Kier molecular flexibility index (Phi) is 4.55. The molecule has 2 rings (SSSR count). The molecule has 0 saturated carbocycles. The molecule has 2 heterocycles. The molecular weight excluding hydrogens is 242 g/mol. The van der Waals surface area contributed by atoms with Crippen molar-refractivity contribution >= 4 is 11.3 Å². The fourth-order valence-corrected chi connectivity index (χ4v) is 2.95. The van der Waals surface area contributed by atoms with Crippen LogP contribution in [0, 0.1) is 0 Å². The van der Waals surface area contributed by atoms with E-state index in [1.54, 1.807) is 11.3 Å². The summed E-state index contributed by atoms with van der Waals surface area (Å²) in [4.78, 5) is 1.36. The Labute approximate surface area is 113 Å². The molecule has 0 radical (unpaired) electrons. The molecule has 2 N–H and O–H groups in total. The summed E-state index contributed by atoms with van der Waals surface area (Å²) in [5.74, 6) is 0. The summed E-state index contributed by atoms with van der Waals surface area (Å²) in [5.41, 5.74) is 8.66. The second kappa shape index (κ2) is 6.16. The van der Waals surface area contributed by atoms with E-state index in [-0.39, 0.29) is 6.04 Å². The number of aromatic nitrogens is 2. The Hall–Kier alpha value is -1.13. The lowest BCUT2D eigenvalue weighted by molar-refractivity contribution is 0.574. The molecule has 1 atom stereocenters. The zero-order valence-corrected chi connectivity index (χ0v) is 11.9. The Morgan fingerprint density at radius 1 is 1.39 bits per heavy atom. The van der Waals surface area contributed by atoms with Gasteiger partial charge in [-0.05, 0) is 37.3 Å². The van der Waals surface area contributed by atoms with Crippen molar-refractivity contribution in [2.75, 3.05) is 0 Å². The van der Waals surface area contributed by atoms with Crippen LogP contribution in [0.3, 0.4) is 0 Å². The van der Waals surface area contributed by atoms with E-state index in [9.17, 15) is 0 Å². The van der Waals surface area contributed by atoms with Crippen molar-refractivity contribution in [3.05, 3.63) is 39.8 Å². The number of hydrogen-bond acceptors (Lipinski definition) is 3. The van der Waals surface area contributed by atoms with Gasteiger partial charge >= 0.3 is 0 Å². The summed E-state index contributed by atoms with van der Waals surface area (Å²) in [6, 6.07) is 6.60. The van der Waals surface area contributed by atoms with Crippen LogP contribution in [-0.2, 0) is 25.8 Å². The molecule has 0 amide bonds. The Bertz CT molecular complexity index is 473. The third-order valence-corrected chi connectivity index (χ3v) is 3.99. The zero-order valence-electron chi connectivity index (χ0n) is 11.1. The van der Waals surface area contributed by atoms with Crippen molar-refractivity contribution < 1.29 is 0 Å². The first kappa shape index (κ1) is 13.3. The fraction of sp³-hybridized carbons (Fsp3) is 0.500. The predicted molar refractivity (Wildman–Crippen MR) is 77.0 cm³/mol. The zero-order chi connectivity index (χ0) is 13.0. The Balaban J connectivity index is 2.01. The topological polar surface area (TPSA) is 43.8 Å². The molecular formula is C14H21N3S. The molecule has 0 spiro atoms. The normalized spacial score (nSPS) is 12.8. The van der Waals surface area contributed by atoms with Crippen LogP contribution in [0.25, 0.3) is 0 Å². The quantitative estimate of drug-likeness (QED) is 0.870. The standard InChI is InChI=1S/C14H21N3S/c1-3-12-10-13(17(4-2)16-12)8-11(15)9-14-6-5-7-18-14/h5-7,10-11H,3-4,8-9,15H2,1-2H3. The van der Waals surface area contributed by atoms with Gasteiger partial charge in [-0.1, -0.05) is 13.0 Å². The summed E-state index contributed by atoms with van der Waals surface area (Å²) >= 11 is 1.78. The molecule has 3 nitrogen and oxygen atoms in total. The first-order chi connectivity index (χ1) is 8.72. The summed E-state index contributed by atoms with van der Waals surface area (Å²) in [6.07, 6.45) is 2.84. The molecule has 2 aromatic rings. The molecule has 0 bridgehead atoms. The monoisotopic (exact) mass is 263 g/mol. The van der Waals surface area contributed by atoms with Crippen LogP contribution in [0.2, 0.25) is 0 Å². The van der Waals surface area contributed by atoms with Gasteiger partial charge in [0.15, 0.2) is 0 Å². The van der Waals surface area contributed by atoms with Gasteiger partial charge in [-0.3, -0.25) is 4.68 Å². The average molecular weight is 263 g/mol. The third-order valence-electron chi connectivity index (χ3n) is 3.09. The van der Waals surface area contributed by atoms with E-state index in [0.717, 1.165) is 31.5 Å². The number of aryl methyl sites for hydroxylation is 2. The SMILES string of the molecule is CCc1cc(CC(N)Cc2cccs2)n(CC)n1. The van der Waals surface area contributed by atoms with Crippen LogP contribution in [0.4, 0.5) is 0 Å². The minimum Gasteiger partial charge on any atom is -0.327 e. The highest BCUT2D eigenvalue weighted by Crippen LogP contribution is 2.14. The van der Waals surface area contributed by atoms with Crippen molar-refractivity contribution in [2.45, 2.75) is 45.7 Å². The van der Waals surface area contributed by atoms with E-state index in [0.29, 0.717) is 0 Å². The summed E-state index contributed by atoms with van der Waals surface area (Å²) in [7, 11) is 0. The van der Waals surface area contributed by atoms with Crippen LogP contribution < -0.4 is 5.73 Å². The number of hydrogen-bond donors (Lipinski definition) is 1. The summed E-state index contributed by atoms with van der Waals surface area (Å²) in [5, 5.41) is 6.67. The lowest BCUT2D eigenvalue weighted by atomic mass is 10.1. The van der Waals surface area contributed by atoms with E-state index in [2.05, 4.69) is 47.2 Å². The maximum absolute atomic E-state index is 6.24. The van der Waals surface area contributed by atoms with E-state index in [4.69, 9.17) is 5.73 Å². The molecule has 18 heavy (non-hydrogen) atoms. The Morgan fingerprint density at radius 3 is 2.83 bits per heavy atom. The molecule has 0 fully saturated rings. The van der Waals surface area contributed by atoms with E-state index in [1.165, 1.54) is 10.6 Å². The minimum atomic E-state index is 0.176. The molecule has 0 aliphatic carbocycles. The minimum absolute atomic E-state index is 0.176. The van der Waals surface area contributed by atoms with Crippen LogP contribution in [-0.4, -0.2) is 15.8 Å². The third kappa shape index (κ3) is 3.21. The first-order valence-electron chi connectivity index (χ1n) is 6.56. The number of thiophene rings is 1. The van der Waals surface area contributed by atoms with Gasteiger partial charge in [-0.15, -0.1) is 11.3 Å². The number of rotatable bonds is 6. The number of nitrogens with zero attached hydrogens (tertiary/aromatic N) is 2.